The van der Waals surface area contributed by atoms with Gasteiger partial charge in [0.25, 0.3) is 0 Å². The molecular formula is C33H35N3O. The second-order valence-corrected chi connectivity index (χ2v) is 9.36. The van der Waals surface area contributed by atoms with Crippen LogP contribution in [0.4, 0.5) is 11.4 Å². The molecule has 37 heavy (non-hydrogen) atoms. The summed E-state index contributed by atoms with van der Waals surface area (Å²) in [5.74, 6) is 0.779. The number of amidine groups is 1. The number of hydrogen-bond acceptors (Lipinski definition) is 3. The first-order valence-corrected chi connectivity index (χ1v) is 12.8. The van der Waals surface area contributed by atoms with E-state index in [1.807, 2.05) is 61.5 Å². The number of anilines is 2. The smallest absolute Gasteiger partial charge is 0.161 e. The van der Waals surface area contributed by atoms with Crippen LogP contribution in [0.5, 0.6) is 0 Å². The quantitative estimate of drug-likeness (QED) is 0.142. The molecule has 4 heteroatoms. The summed E-state index contributed by atoms with van der Waals surface area (Å²) in [7, 11) is 2.08. The zero-order valence-electron chi connectivity index (χ0n) is 21.9. The van der Waals surface area contributed by atoms with Crippen molar-refractivity contribution >= 4 is 23.0 Å². The van der Waals surface area contributed by atoms with Crippen LogP contribution < -0.4 is 10.2 Å². The molecule has 0 aliphatic heterocycles. The zero-order valence-corrected chi connectivity index (χ0v) is 21.9. The third-order valence-electron chi connectivity index (χ3n) is 6.49. The lowest BCUT2D eigenvalue weighted by Gasteiger charge is -2.21. The second kappa shape index (κ2) is 12.7. The van der Waals surface area contributed by atoms with Crippen molar-refractivity contribution in [2.75, 3.05) is 23.8 Å². The van der Waals surface area contributed by atoms with Crippen LogP contribution >= 0.6 is 0 Å². The highest BCUT2D eigenvalue weighted by atomic mass is 16.1. The molecule has 0 spiro atoms. The number of ketones is 1. The molecule has 4 aromatic carbocycles. The largest absolute Gasteiger partial charge is 0.375 e. The Hall–Kier alpha value is -4.18. The van der Waals surface area contributed by atoms with Gasteiger partial charge < -0.3 is 10.2 Å². The summed E-state index contributed by atoms with van der Waals surface area (Å²) in [6.45, 7) is 4.48. The summed E-state index contributed by atoms with van der Waals surface area (Å²) in [4.78, 5) is 19.8. The van der Waals surface area contributed by atoms with Gasteiger partial charge in [0.1, 0.15) is 6.04 Å². The number of aryl methyl sites for hydroxylation is 1. The molecule has 0 radical (unpaired) electrons. The zero-order chi connectivity index (χ0) is 26.0. The van der Waals surface area contributed by atoms with E-state index in [0.29, 0.717) is 5.56 Å². The predicted molar refractivity (Wildman–Crippen MR) is 156 cm³/mol. The molecular weight excluding hydrogens is 454 g/mol. The van der Waals surface area contributed by atoms with Crippen molar-refractivity contribution in [2.45, 2.75) is 32.7 Å². The molecule has 4 rings (SSSR count). The van der Waals surface area contributed by atoms with Crippen molar-refractivity contribution in [1.82, 2.24) is 0 Å². The monoisotopic (exact) mass is 489 g/mol. The first-order chi connectivity index (χ1) is 18.0. The Bertz CT molecular complexity index is 1280. The van der Waals surface area contributed by atoms with Crippen molar-refractivity contribution in [3.8, 4) is 0 Å². The fourth-order valence-electron chi connectivity index (χ4n) is 4.50. The van der Waals surface area contributed by atoms with Crippen LogP contribution in [0.25, 0.3) is 0 Å². The highest BCUT2D eigenvalue weighted by molar-refractivity contribution is 6.05. The van der Waals surface area contributed by atoms with Crippen molar-refractivity contribution in [1.29, 1.82) is 0 Å². The Morgan fingerprint density at radius 3 is 1.95 bits per heavy atom. The Morgan fingerprint density at radius 2 is 1.38 bits per heavy atom. The van der Waals surface area contributed by atoms with Crippen LogP contribution in [0.3, 0.4) is 0 Å². The Kier molecular flexibility index (Phi) is 8.88. The molecule has 0 bridgehead atoms. The van der Waals surface area contributed by atoms with Gasteiger partial charge >= 0.3 is 0 Å². The van der Waals surface area contributed by atoms with Gasteiger partial charge in [-0.2, -0.15) is 0 Å². The number of rotatable bonds is 10. The number of nitrogens with zero attached hydrogens (tertiary/aromatic N) is 2. The maximum absolute atomic E-state index is 12.6. The Labute approximate surface area is 220 Å². The topological polar surface area (TPSA) is 44.7 Å². The van der Waals surface area contributed by atoms with E-state index in [1.54, 1.807) is 6.92 Å². The number of Topliss-reactive ketones (excluding diaryl/α,β-unsaturated/α-hetero) is 1. The lowest BCUT2D eigenvalue weighted by molar-refractivity contribution is 0.101. The van der Waals surface area contributed by atoms with E-state index >= 15 is 0 Å². The van der Waals surface area contributed by atoms with Gasteiger partial charge in [0.05, 0.1) is 11.5 Å². The van der Waals surface area contributed by atoms with E-state index in [1.165, 1.54) is 5.56 Å². The van der Waals surface area contributed by atoms with Crippen molar-refractivity contribution in [3.63, 3.8) is 0 Å². The van der Waals surface area contributed by atoms with E-state index in [2.05, 4.69) is 71.9 Å². The third-order valence-corrected chi connectivity index (χ3v) is 6.49. The average molecular weight is 490 g/mol. The fourth-order valence-corrected chi connectivity index (χ4v) is 4.50. The molecule has 0 saturated heterocycles. The Morgan fingerprint density at radius 1 is 0.811 bits per heavy atom. The standard InChI is InChI=1S/C33H35N3O/c1-25(37)31-24-30(36(3)23-13-16-27-14-7-4-8-15-27)21-22-32(31)34-26(2)35-33(28-17-9-5-10-18-28)29-19-11-6-12-20-29/h4-12,14-15,17-22,24,33H,13,16,23H2,1-3H3,(H,34,35). The molecule has 1 N–H and O–H groups in total. The van der Waals surface area contributed by atoms with Gasteiger partial charge in [-0.05, 0) is 61.6 Å². The number of carbonyl (C=O) groups excluding carboxylic acids is 1. The van der Waals surface area contributed by atoms with Crippen LogP contribution in [0, 0.1) is 0 Å². The maximum atomic E-state index is 12.6. The van der Waals surface area contributed by atoms with Gasteiger partial charge in [0, 0.05) is 24.8 Å². The predicted octanol–water partition coefficient (Wildman–Crippen LogP) is 7.58. The van der Waals surface area contributed by atoms with E-state index in [9.17, 15) is 4.79 Å². The van der Waals surface area contributed by atoms with Crippen molar-refractivity contribution in [2.24, 2.45) is 4.99 Å². The van der Waals surface area contributed by atoms with Crippen molar-refractivity contribution < 1.29 is 4.79 Å². The molecule has 0 amide bonds. The molecule has 4 aromatic rings. The molecule has 4 nitrogen and oxygen atoms in total. The average Bonchev–Trinajstić information content (AvgIpc) is 2.93. The normalized spacial score (nSPS) is 11.4. The molecule has 0 saturated carbocycles. The van der Waals surface area contributed by atoms with Crippen LogP contribution in [-0.2, 0) is 6.42 Å². The van der Waals surface area contributed by atoms with Gasteiger partial charge in [-0.3, -0.25) is 9.79 Å². The van der Waals surface area contributed by atoms with E-state index in [0.717, 1.165) is 47.7 Å². The number of hydrogen-bond donors (Lipinski definition) is 1. The summed E-state index contributed by atoms with van der Waals surface area (Å²) >= 11 is 0. The highest BCUT2D eigenvalue weighted by Crippen LogP contribution is 2.28. The lowest BCUT2D eigenvalue weighted by atomic mass is 9.99. The van der Waals surface area contributed by atoms with Crippen LogP contribution in [0.1, 0.15) is 53.4 Å². The van der Waals surface area contributed by atoms with Gasteiger partial charge in [-0.15, -0.1) is 0 Å². The Balaban J connectivity index is 1.51. The fraction of sp³-hybridized carbons (Fsp3) is 0.212. The molecule has 0 heterocycles. The first-order valence-electron chi connectivity index (χ1n) is 12.8. The highest BCUT2D eigenvalue weighted by Gasteiger charge is 2.15. The first kappa shape index (κ1) is 25.9. The van der Waals surface area contributed by atoms with Gasteiger partial charge in [0.15, 0.2) is 5.78 Å². The third kappa shape index (κ3) is 7.17. The minimum Gasteiger partial charge on any atom is -0.375 e. The summed E-state index contributed by atoms with van der Waals surface area (Å²) in [6, 6.07) is 37.0. The lowest BCUT2D eigenvalue weighted by Crippen LogP contribution is -2.20. The molecule has 0 unspecified atom stereocenters. The summed E-state index contributed by atoms with van der Waals surface area (Å²) in [5.41, 5.74) is 6.06. The van der Waals surface area contributed by atoms with E-state index in [4.69, 9.17) is 4.99 Å². The van der Waals surface area contributed by atoms with Gasteiger partial charge in [-0.25, -0.2) is 0 Å². The van der Waals surface area contributed by atoms with E-state index in [-0.39, 0.29) is 11.8 Å². The van der Waals surface area contributed by atoms with Crippen LogP contribution in [0.2, 0.25) is 0 Å². The second-order valence-electron chi connectivity index (χ2n) is 9.36. The van der Waals surface area contributed by atoms with Crippen LogP contribution in [0.15, 0.2) is 114 Å². The minimum absolute atomic E-state index is 0.0255. The molecule has 0 aromatic heterocycles. The molecule has 188 valence electrons. The van der Waals surface area contributed by atoms with Crippen LogP contribution in [-0.4, -0.2) is 25.2 Å². The number of aliphatic imine (C=N–C) groups is 1. The van der Waals surface area contributed by atoms with Crippen molar-refractivity contribution in [3.05, 3.63) is 131 Å². The maximum Gasteiger partial charge on any atom is 0.161 e. The van der Waals surface area contributed by atoms with Gasteiger partial charge in [-0.1, -0.05) is 91.0 Å². The molecule has 0 atom stereocenters. The van der Waals surface area contributed by atoms with E-state index < -0.39 is 0 Å². The molecule has 0 fully saturated rings. The number of benzene rings is 4. The summed E-state index contributed by atoms with van der Waals surface area (Å²) < 4.78 is 0. The minimum atomic E-state index is -0.134. The molecule has 0 aliphatic rings. The summed E-state index contributed by atoms with van der Waals surface area (Å²) in [6.07, 6.45) is 2.08. The SMILES string of the molecule is CC(=O)c1cc(N(C)CCCc2ccccc2)ccc1NC(C)=NC(c1ccccc1)c1ccccc1. The number of nitrogens with one attached hydrogen (secondary N) is 1. The number of carbonyl (C=O) groups is 1. The van der Waals surface area contributed by atoms with Gasteiger partial charge in [0.2, 0.25) is 0 Å². The summed E-state index contributed by atoms with van der Waals surface area (Å²) in [5, 5.41) is 3.40. The molecule has 0 aliphatic carbocycles.